The fourth-order valence-corrected chi connectivity index (χ4v) is 3.46. The van der Waals surface area contributed by atoms with Gasteiger partial charge in [0.15, 0.2) is 11.5 Å². The average Bonchev–Trinajstić information content (AvgIpc) is 2.99. The van der Waals surface area contributed by atoms with Gasteiger partial charge in [-0.15, -0.1) is 0 Å². The van der Waals surface area contributed by atoms with Crippen LogP contribution in [0.15, 0.2) is 30.3 Å². The fourth-order valence-electron chi connectivity index (χ4n) is 3.46. The van der Waals surface area contributed by atoms with Crippen LogP contribution in [0.5, 0.6) is 11.5 Å². The largest absolute Gasteiger partial charge is 0.454 e. The molecule has 0 saturated heterocycles. The molecule has 0 aromatic heterocycles. The first-order valence-electron chi connectivity index (χ1n) is 8.13. The topological polar surface area (TPSA) is 76.7 Å². The van der Waals surface area contributed by atoms with Crippen molar-refractivity contribution < 1.29 is 19.1 Å². The van der Waals surface area contributed by atoms with Gasteiger partial charge in [-0.2, -0.15) is 0 Å². The second kappa shape index (κ2) is 5.81. The van der Waals surface area contributed by atoms with Gasteiger partial charge < -0.3 is 20.1 Å². The van der Waals surface area contributed by atoms with Crippen LogP contribution in [-0.2, 0) is 9.59 Å². The van der Waals surface area contributed by atoms with E-state index in [4.69, 9.17) is 9.47 Å². The summed E-state index contributed by atoms with van der Waals surface area (Å²) in [7, 11) is 0. The van der Waals surface area contributed by atoms with Gasteiger partial charge in [0.25, 0.3) is 0 Å². The molecular formula is C19H18N2O4. The van der Waals surface area contributed by atoms with Crippen LogP contribution in [0.2, 0.25) is 0 Å². The van der Waals surface area contributed by atoms with Gasteiger partial charge in [0.2, 0.25) is 18.6 Å². The number of carbonyl (C=O) groups excluding carboxylic acids is 2. The Bertz CT molecular complexity index is 891. The number of fused-ring (bicyclic) bond motifs is 2. The summed E-state index contributed by atoms with van der Waals surface area (Å²) in [5, 5.41) is 5.64. The maximum Gasteiger partial charge on any atom is 0.231 e. The van der Waals surface area contributed by atoms with E-state index < -0.39 is 0 Å². The number of benzene rings is 2. The zero-order valence-electron chi connectivity index (χ0n) is 14.0. The van der Waals surface area contributed by atoms with Crippen LogP contribution in [0.1, 0.15) is 36.0 Å². The molecule has 1 atom stereocenters. The minimum absolute atomic E-state index is 0.0467. The molecule has 6 nitrogen and oxygen atoms in total. The van der Waals surface area contributed by atoms with Gasteiger partial charge >= 0.3 is 0 Å². The van der Waals surface area contributed by atoms with Crippen LogP contribution in [0.4, 0.5) is 11.4 Å². The first-order chi connectivity index (χ1) is 12.0. The number of aryl methyl sites for hydroxylation is 1. The first kappa shape index (κ1) is 15.5. The molecular weight excluding hydrogens is 320 g/mol. The molecule has 25 heavy (non-hydrogen) atoms. The highest BCUT2D eigenvalue weighted by Crippen LogP contribution is 2.43. The van der Waals surface area contributed by atoms with Gasteiger partial charge in [0, 0.05) is 30.6 Å². The average molecular weight is 338 g/mol. The maximum absolute atomic E-state index is 12.2. The predicted octanol–water partition coefficient (Wildman–Crippen LogP) is 3.16. The molecule has 2 aliphatic heterocycles. The third-order valence-electron chi connectivity index (χ3n) is 4.55. The number of hydrogen-bond donors (Lipinski definition) is 2. The lowest BCUT2D eigenvalue weighted by Gasteiger charge is -2.27. The molecule has 0 spiro atoms. The Labute approximate surface area is 145 Å². The molecule has 2 N–H and O–H groups in total. The molecule has 2 aromatic carbocycles. The third-order valence-corrected chi connectivity index (χ3v) is 4.55. The smallest absolute Gasteiger partial charge is 0.231 e. The van der Waals surface area contributed by atoms with Gasteiger partial charge in [0.05, 0.1) is 0 Å². The van der Waals surface area contributed by atoms with E-state index in [9.17, 15) is 9.59 Å². The van der Waals surface area contributed by atoms with Crippen molar-refractivity contribution in [2.75, 3.05) is 17.4 Å². The van der Waals surface area contributed by atoms with E-state index in [0.29, 0.717) is 17.9 Å². The van der Waals surface area contributed by atoms with Crippen LogP contribution >= 0.6 is 0 Å². The number of rotatable bonds is 2. The van der Waals surface area contributed by atoms with Gasteiger partial charge in [-0.05, 0) is 47.9 Å². The number of carbonyl (C=O) groups is 2. The highest BCUT2D eigenvalue weighted by molar-refractivity contribution is 5.97. The Hall–Kier alpha value is -3.02. The van der Waals surface area contributed by atoms with Crippen LogP contribution in [0.25, 0.3) is 0 Å². The van der Waals surface area contributed by atoms with Crippen molar-refractivity contribution in [2.45, 2.75) is 26.2 Å². The Morgan fingerprint density at radius 1 is 1.16 bits per heavy atom. The summed E-state index contributed by atoms with van der Waals surface area (Å²) >= 11 is 0. The lowest BCUT2D eigenvalue weighted by atomic mass is 9.82. The second-order valence-electron chi connectivity index (χ2n) is 6.35. The SMILES string of the molecule is CC(=O)Nc1ccc2c(c1)NC(=O)CC2c1cc2c(cc1C)OCO2. The number of amides is 2. The Balaban J connectivity index is 1.77. The minimum atomic E-state index is -0.148. The molecule has 0 aliphatic carbocycles. The van der Waals surface area contributed by atoms with Crippen molar-refractivity contribution in [1.29, 1.82) is 0 Å². The summed E-state index contributed by atoms with van der Waals surface area (Å²) in [6, 6.07) is 9.52. The molecule has 6 heteroatoms. The summed E-state index contributed by atoms with van der Waals surface area (Å²) in [4.78, 5) is 23.5. The van der Waals surface area contributed by atoms with E-state index in [1.165, 1.54) is 6.92 Å². The van der Waals surface area contributed by atoms with Crippen LogP contribution < -0.4 is 20.1 Å². The Morgan fingerprint density at radius 2 is 1.92 bits per heavy atom. The van der Waals surface area contributed by atoms with E-state index in [-0.39, 0.29) is 24.5 Å². The molecule has 4 rings (SSSR count). The summed E-state index contributed by atoms with van der Waals surface area (Å²) in [6.45, 7) is 3.69. The van der Waals surface area contributed by atoms with Crippen molar-refractivity contribution >= 4 is 23.2 Å². The zero-order chi connectivity index (χ0) is 17.6. The van der Waals surface area contributed by atoms with Gasteiger partial charge in [0.1, 0.15) is 0 Å². The highest BCUT2D eigenvalue weighted by atomic mass is 16.7. The van der Waals surface area contributed by atoms with Crippen LogP contribution in [0, 0.1) is 6.92 Å². The van der Waals surface area contributed by atoms with E-state index in [1.807, 2.05) is 31.2 Å². The molecule has 0 saturated carbocycles. The van der Waals surface area contributed by atoms with Crippen molar-refractivity contribution in [3.05, 3.63) is 47.0 Å². The van der Waals surface area contributed by atoms with Crippen molar-refractivity contribution in [3.63, 3.8) is 0 Å². The molecule has 1 unspecified atom stereocenters. The van der Waals surface area contributed by atoms with E-state index >= 15 is 0 Å². The summed E-state index contributed by atoms with van der Waals surface area (Å²) < 4.78 is 10.9. The molecule has 0 bridgehead atoms. The van der Waals surface area contributed by atoms with Gasteiger partial charge in [-0.3, -0.25) is 9.59 Å². The molecule has 128 valence electrons. The quantitative estimate of drug-likeness (QED) is 0.882. The fraction of sp³-hybridized carbons (Fsp3) is 0.263. The lowest BCUT2D eigenvalue weighted by Crippen LogP contribution is -2.24. The van der Waals surface area contributed by atoms with Crippen molar-refractivity contribution in [2.24, 2.45) is 0 Å². The predicted molar refractivity (Wildman–Crippen MR) is 93.1 cm³/mol. The highest BCUT2D eigenvalue weighted by Gasteiger charge is 2.29. The lowest BCUT2D eigenvalue weighted by molar-refractivity contribution is -0.116. The minimum Gasteiger partial charge on any atom is -0.454 e. The van der Waals surface area contributed by atoms with E-state index in [2.05, 4.69) is 10.6 Å². The van der Waals surface area contributed by atoms with Gasteiger partial charge in [-0.25, -0.2) is 0 Å². The van der Waals surface area contributed by atoms with E-state index in [0.717, 1.165) is 28.1 Å². The second-order valence-corrected chi connectivity index (χ2v) is 6.35. The van der Waals surface area contributed by atoms with Crippen LogP contribution in [0.3, 0.4) is 0 Å². The standard InChI is InChI=1S/C19H18N2O4/c1-10-5-17-18(25-9-24-17)7-14(10)15-8-19(23)21-16-6-12(20-11(2)22)3-4-13(15)16/h3-7,15H,8-9H2,1-2H3,(H,20,22)(H,21,23). The third kappa shape index (κ3) is 2.80. The molecule has 0 radical (unpaired) electrons. The van der Waals surface area contributed by atoms with Crippen molar-refractivity contribution in [1.82, 2.24) is 0 Å². The zero-order valence-corrected chi connectivity index (χ0v) is 14.0. The normalized spacial score (nSPS) is 17.7. The Kier molecular flexibility index (Phi) is 3.60. The number of nitrogens with one attached hydrogen (secondary N) is 2. The monoisotopic (exact) mass is 338 g/mol. The Morgan fingerprint density at radius 3 is 2.68 bits per heavy atom. The number of anilines is 2. The summed E-state index contributed by atoms with van der Waals surface area (Å²) in [5.41, 5.74) is 4.52. The van der Waals surface area contributed by atoms with E-state index in [1.54, 1.807) is 6.07 Å². The molecule has 2 heterocycles. The molecule has 2 aliphatic rings. The van der Waals surface area contributed by atoms with Crippen LogP contribution in [-0.4, -0.2) is 18.6 Å². The number of ether oxygens (including phenoxy) is 2. The summed E-state index contributed by atoms with van der Waals surface area (Å²) in [6.07, 6.45) is 0.368. The van der Waals surface area contributed by atoms with Crippen molar-refractivity contribution in [3.8, 4) is 11.5 Å². The molecule has 2 aromatic rings. The number of hydrogen-bond acceptors (Lipinski definition) is 4. The summed E-state index contributed by atoms with van der Waals surface area (Å²) in [5.74, 6) is 1.19. The van der Waals surface area contributed by atoms with Gasteiger partial charge in [-0.1, -0.05) is 6.07 Å². The first-order valence-corrected chi connectivity index (χ1v) is 8.13. The molecule has 2 amide bonds. The molecule has 0 fully saturated rings. The maximum atomic E-state index is 12.2.